The van der Waals surface area contributed by atoms with E-state index in [0.29, 0.717) is 0 Å². The maximum Gasteiger partial charge on any atom is 0.209 e. The first-order valence-corrected chi connectivity index (χ1v) is 10.8. The number of Topliss-reactive ketones (excluding diaryl/α,β-unsaturated/α-hetero) is 2. The van der Waals surface area contributed by atoms with Gasteiger partial charge in [-0.3, -0.25) is 9.59 Å². The highest BCUT2D eigenvalue weighted by atomic mass is 35.5. The lowest BCUT2D eigenvalue weighted by molar-refractivity contribution is -0.212. The van der Waals surface area contributed by atoms with Crippen LogP contribution in [0.5, 0.6) is 0 Å². The first-order chi connectivity index (χ1) is 13.8. The molecule has 0 amide bonds. The molecule has 29 heavy (non-hydrogen) atoms. The van der Waals surface area contributed by atoms with E-state index in [2.05, 4.69) is 6.92 Å². The molecule has 150 valence electrons. The molecule has 1 aliphatic heterocycles. The third-order valence-electron chi connectivity index (χ3n) is 7.87. The molecular formula is C25H25ClO3. The number of carbonyl (C=O) groups is 2. The first-order valence-electron chi connectivity index (χ1n) is 10.4. The molecule has 0 aromatic heterocycles. The van der Waals surface area contributed by atoms with E-state index in [9.17, 15) is 9.59 Å². The highest BCUT2D eigenvalue weighted by Crippen LogP contribution is 2.73. The zero-order chi connectivity index (χ0) is 20.6. The van der Waals surface area contributed by atoms with Gasteiger partial charge in [-0.15, -0.1) is 0 Å². The van der Waals surface area contributed by atoms with Gasteiger partial charge in [0.05, 0.1) is 11.5 Å². The summed E-state index contributed by atoms with van der Waals surface area (Å²) in [5.41, 5.74) is 0.954. The van der Waals surface area contributed by atoms with Crippen LogP contribution in [0.2, 0.25) is 0 Å². The molecule has 2 aromatic rings. The summed E-state index contributed by atoms with van der Waals surface area (Å²) in [6.07, 6.45) is -0.312. The van der Waals surface area contributed by atoms with Gasteiger partial charge in [-0.2, -0.15) is 0 Å². The molecule has 0 spiro atoms. The molecule has 2 saturated carbocycles. The van der Waals surface area contributed by atoms with Crippen molar-refractivity contribution in [2.24, 2.45) is 29.1 Å². The zero-order valence-corrected chi connectivity index (χ0v) is 17.6. The highest BCUT2D eigenvalue weighted by Gasteiger charge is 2.79. The predicted molar refractivity (Wildman–Crippen MR) is 111 cm³/mol. The second kappa shape index (κ2) is 6.26. The van der Waals surface area contributed by atoms with Crippen LogP contribution < -0.4 is 0 Å². The van der Waals surface area contributed by atoms with Crippen LogP contribution in [0, 0.1) is 29.1 Å². The van der Waals surface area contributed by atoms with E-state index in [4.69, 9.17) is 16.3 Å². The van der Waals surface area contributed by atoms with Gasteiger partial charge in [0, 0.05) is 17.8 Å². The van der Waals surface area contributed by atoms with Crippen LogP contribution in [-0.2, 0) is 14.3 Å². The predicted octanol–water partition coefficient (Wildman–Crippen LogP) is 5.15. The normalized spacial score (nSPS) is 43.4. The van der Waals surface area contributed by atoms with E-state index in [1.165, 1.54) is 0 Å². The Morgan fingerprint density at radius 3 is 2.00 bits per heavy atom. The lowest BCUT2D eigenvalue weighted by atomic mass is 9.59. The van der Waals surface area contributed by atoms with Gasteiger partial charge in [0.2, 0.25) is 11.6 Å². The van der Waals surface area contributed by atoms with Crippen molar-refractivity contribution in [1.82, 2.24) is 0 Å². The topological polar surface area (TPSA) is 43.4 Å². The number of ketones is 2. The summed E-state index contributed by atoms with van der Waals surface area (Å²) >= 11 is 7.32. The van der Waals surface area contributed by atoms with Crippen molar-refractivity contribution >= 4 is 23.2 Å². The van der Waals surface area contributed by atoms with Crippen molar-refractivity contribution in [2.45, 2.75) is 37.9 Å². The smallest absolute Gasteiger partial charge is 0.209 e. The van der Waals surface area contributed by atoms with Crippen LogP contribution >= 0.6 is 11.6 Å². The molecule has 3 nitrogen and oxygen atoms in total. The number of ether oxygens (including phenoxy) is 1. The molecule has 4 heteroatoms. The fourth-order valence-corrected chi connectivity index (χ4v) is 7.25. The van der Waals surface area contributed by atoms with Gasteiger partial charge in [-0.05, 0) is 29.9 Å². The third-order valence-corrected chi connectivity index (χ3v) is 8.60. The monoisotopic (exact) mass is 408 g/mol. The Morgan fingerprint density at radius 2 is 1.41 bits per heavy atom. The van der Waals surface area contributed by atoms with E-state index in [-0.39, 0.29) is 41.3 Å². The summed E-state index contributed by atoms with van der Waals surface area (Å²) < 4.78 is 6.67. The summed E-state index contributed by atoms with van der Waals surface area (Å²) in [4.78, 5) is 26.9. The van der Waals surface area contributed by atoms with Crippen molar-refractivity contribution in [3.63, 3.8) is 0 Å². The van der Waals surface area contributed by atoms with Crippen LogP contribution in [0.1, 0.15) is 43.9 Å². The number of halogens is 1. The number of hydrogen-bond acceptors (Lipinski definition) is 3. The van der Waals surface area contributed by atoms with Crippen molar-refractivity contribution in [2.75, 3.05) is 0 Å². The van der Waals surface area contributed by atoms with Crippen molar-refractivity contribution in [3.05, 3.63) is 71.8 Å². The zero-order valence-electron chi connectivity index (χ0n) is 16.8. The Bertz CT molecular complexity index is 974. The Balaban J connectivity index is 1.71. The van der Waals surface area contributed by atoms with E-state index in [1.54, 1.807) is 0 Å². The molecule has 0 radical (unpaired) electrons. The van der Waals surface area contributed by atoms with Crippen LogP contribution in [0.3, 0.4) is 0 Å². The molecule has 5 rings (SSSR count). The van der Waals surface area contributed by atoms with Crippen LogP contribution in [0.15, 0.2) is 60.7 Å². The summed E-state index contributed by atoms with van der Waals surface area (Å²) in [6.45, 7) is 6.00. The summed E-state index contributed by atoms with van der Waals surface area (Å²) in [5, 5.41) is -1.20. The van der Waals surface area contributed by atoms with Crippen molar-refractivity contribution in [1.29, 1.82) is 0 Å². The first kappa shape index (κ1) is 19.0. The third kappa shape index (κ3) is 2.23. The van der Waals surface area contributed by atoms with Gasteiger partial charge in [0.25, 0.3) is 0 Å². The molecule has 0 unspecified atom stereocenters. The van der Waals surface area contributed by atoms with Crippen LogP contribution in [-0.4, -0.2) is 16.6 Å². The number of benzene rings is 2. The molecule has 2 aliphatic carbocycles. The Kier molecular flexibility index (Phi) is 4.11. The fourth-order valence-electron chi connectivity index (χ4n) is 6.61. The Morgan fingerprint density at radius 1 is 0.862 bits per heavy atom. The van der Waals surface area contributed by atoms with Gasteiger partial charge in [-0.25, -0.2) is 0 Å². The molecule has 0 N–H and O–H groups in total. The minimum Gasteiger partial charge on any atom is -0.350 e. The quantitative estimate of drug-likeness (QED) is 0.509. The Hall–Kier alpha value is -1.97. The number of carbonyl (C=O) groups excluding carboxylic acids is 2. The maximum absolute atomic E-state index is 13.5. The van der Waals surface area contributed by atoms with Gasteiger partial charge in [0.15, 0.2) is 5.06 Å². The second-order valence-corrected chi connectivity index (χ2v) is 9.71. The van der Waals surface area contributed by atoms with Crippen molar-refractivity contribution in [3.8, 4) is 0 Å². The maximum atomic E-state index is 13.5. The van der Waals surface area contributed by atoms with Gasteiger partial charge < -0.3 is 4.74 Å². The van der Waals surface area contributed by atoms with Crippen molar-refractivity contribution < 1.29 is 14.3 Å². The highest BCUT2D eigenvalue weighted by molar-refractivity contribution is 6.44. The molecular weight excluding hydrogens is 384 g/mol. The summed E-state index contributed by atoms with van der Waals surface area (Å²) in [5.74, 6) is -1.47. The van der Waals surface area contributed by atoms with Gasteiger partial charge >= 0.3 is 0 Å². The van der Waals surface area contributed by atoms with Crippen LogP contribution in [0.4, 0.5) is 0 Å². The molecule has 3 aliphatic rings. The van der Waals surface area contributed by atoms with E-state index in [1.807, 2.05) is 74.5 Å². The second-order valence-electron chi connectivity index (χ2n) is 9.15. The van der Waals surface area contributed by atoms with Gasteiger partial charge in [-0.1, -0.05) is 86.1 Å². The average Bonchev–Trinajstić information content (AvgIpc) is 2.87. The largest absolute Gasteiger partial charge is 0.350 e. The molecule has 3 fully saturated rings. The number of alkyl halides is 1. The van der Waals surface area contributed by atoms with E-state index < -0.39 is 16.4 Å². The number of rotatable bonds is 2. The summed E-state index contributed by atoms with van der Waals surface area (Å²) in [6, 6.07) is 19.9. The molecule has 2 aromatic carbocycles. The SMILES string of the molecule is C[C@@H]1[C@H]2C(=O)C(=O)[C@]3(C)[C@H](c4ccccc4)[C@@H](C)[C@H]2[C@]3(Cl)O[C@H]1c1ccccc1. The standard InChI is InChI=1S/C25H25ClO3/c1-14-18-20-15(2)19(16-10-6-4-7-11-16)24(3,23(28)21(18)27)25(20,26)29-22(14)17-12-8-5-9-13-17/h4-15,18-20,22H,1-3H3/t14-,15-,18-,19+,20-,22-,24+,25+/m1/s1. The lowest BCUT2D eigenvalue weighted by Crippen LogP contribution is -2.65. The minimum absolute atomic E-state index is 0.0551. The average molecular weight is 409 g/mol. The van der Waals surface area contributed by atoms with Gasteiger partial charge in [0.1, 0.15) is 0 Å². The molecule has 1 saturated heterocycles. The van der Waals surface area contributed by atoms with Crippen LogP contribution in [0.25, 0.3) is 0 Å². The fraction of sp³-hybridized carbons (Fsp3) is 0.440. The summed E-state index contributed by atoms with van der Waals surface area (Å²) in [7, 11) is 0. The molecule has 1 heterocycles. The molecule has 4 bridgehead atoms. The minimum atomic E-state index is -1.20. The number of hydrogen-bond donors (Lipinski definition) is 0. The molecule has 8 atom stereocenters. The lowest BCUT2D eigenvalue weighted by Gasteiger charge is -2.55. The van der Waals surface area contributed by atoms with E-state index in [0.717, 1.165) is 11.1 Å². The van der Waals surface area contributed by atoms with E-state index >= 15 is 0 Å². The Labute approximate surface area is 176 Å².